The van der Waals surface area contributed by atoms with Gasteiger partial charge in [0.25, 0.3) is 5.91 Å². The molecule has 35 heavy (non-hydrogen) atoms. The second-order valence-corrected chi connectivity index (χ2v) is 9.60. The Bertz CT molecular complexity index is 1470. The van der Waals surface area contributed by atoms with Crippen LogP contribution in [0.4, 0.5) is 5.69 Å². The lowest BCUT2D eigenvalue weighted by Crippen LogP contribution is -2.39. The molecule has 0 aliphatic rings. The minimum Gasteiger partial charge on any atom is -0.507 e. The van der Waals surface area contributed by atoms with Crippen molar-refractivity contribution in [2.24, 2.45) is 5.10 Å². The monoisotopic (exact) mass is 489 g/mol. The molecule has 0 fully saturated rings. The molecule has 0 radical (unpaired) electrons. The van der Waals surface area contributed by atoms with E-state index in [1.54, 1.807) is 48.5 Å². The Labute approximate surface area is 203 Å². The van der Waals surface area contributed by atoms with Gasteiger partial charge in [0.2, 0.25) is 10.0 Å². The Morgan fingerprint density at radius 2 is 1.60 bits per heavy atom. The molecule has 0 aliphatic heterocycles. The molecular weight excluding hydrogens is 466 g/mol. The van der Waals surface area contributed by atoms with Gasteiger partial charge in [-0.05, 0) is 53.2 Å². The molecule has 0 saturated heterocycles. The zero-order chi connectivity index (χ0) is 24.8. The first-order chi connectivity index (χ1) is 16.8. The number of phenolic OH excluding ortho intramolecular Hbond substituents is 1. The predicted octanol–water partition coefficient (Wildman–Crippen LogP) is 4.25. The summed E-state index contributed by atoms with van der Waals surface area (Å²) in [6.45, 7) is -0.476. The van der Waals surface area contributed by atoms with E-state index in [-0.39, 0.29) is 5.75 Å². The van der Waals surface area contributed by atoms with Gasteiger partial charge in [0, 0.05) is 5.56 Å². The van der Waals surface area contributed by atoms with E-state index < -0.39 is 22.5 Å². The van der Waals surface area contributed by atoms with E-state index >= 15 is 0 Å². The van der Waals surface area contributed by atoms with Crippen molar-refractivity contribution >= 4 is 38.6 Å². The van der Waals surface area contributed by atoms with Crippen LogP contribution >= 0.6 is 0 Å². The van der Waals surface area contributed by atoms with Gasteiger partial charge in [0.1, 0.15) is 23.8 Å². The second-order valence-electron chi connectivity index (χ2n) is 7.69. The molecule has 4 aromatic carbocycles. The van der Waals surface area contributed by atoms with Crippen LogP contribution in [0.15, 0.2) is 96.1 Å². The van der Waals surface area contributed by atoms with Gasteiger partial charge >= 0.3 is 0 Å². The largest absolute Gasteiger partial charge is 0.507 e. The highest BCUT2D eigenvalue weighted by Gasteiger charge is 2.21. The maximum atomic E-state index is 12.5. The van der Waals surface area contributed by atoms with E-state index in [1.807, 2.05) is 42.5 Å². The maximum Gasteiger partial charge on any atom is 0.260 e. The van der Waals surface area contributed by atoms with E-state index in [0.29, 0.717) is 22.7 Å². The molecule has 4 aromatic rings. The lowest BCUT2D eigenvalue weighted by Gasteiger charge is -2.21. The number of nitrogens with zero attached hydrogens (tertiary/aromatic N) is 2. The van der Waals surface area contributed by atoms with Gasteiger partial charge in [0.15, 0.2) is 0 Å². The van der Waals surface area contributed by atoms with E-state index in [9.17, 15) is 18.3 Å². The third kappa shape index (κ3) is 5.96. The van der Waals surface area contributed by atoms with E-state index in [1.165, 1.54) is 6.21 Å². The summed E-state index contributed by atoms with van der Waals surface area (Å²) < 4.78 is 31.4. The van der Waals surface area contributed by atoms with E-state index in [0.717, 1.165) is 21.3 Å². The molecule has 0 spiro atoms. The van der Waals surface area contributed by atoms with Crippen LogP contribution in [-0.4, -0.2) is 38.4 Å². The highest BCUT2D eigenvalue weighted by Crippen LogP contribution is 2.26. The molecule has 2 N–H and O–H groups in total. The Morgan fingerprint density at radius 3 is 2.31 bits per heavy atom. The number of hydrazone groups is 1. The van der Waals surface area contributed by atoms with Crippen molar-refractivity contribution in [1.29, 1.82) is 0 Å². The summed E-state index contributed by atoms with van der Waals surface area (Å²) in [5.41, 5.74) is 3.07. The van der Waals surface area contributed by atoms with Gasteiger partial charge in [-0.25, -0.2) is 13.8 Å². The fraction of sp³-hybridized carbons (Fsp3) is 0.0769. The molecule has 8 nitrogen and oxygen atoms in total. The first kappa shape index (κ1) is 23.8. The summed E-state index contributed by atoms with van der Waals surface area (Å²) in [6, 6.07) is 26.3. The molecule has 9 heteroatoms. The van der Waals surface area contributed by atoms with Crippen molar-refractivity contribution in [1.82, 2.24) is 5.43 Å². The van der Waals surface area contributed by atoms with Crippen molar-refractivity contribution in [2.45, 2.75) is 0 Å². The molecule has 0 heterocycles. The molecule has 0 saturated carbocycles. The number of rotatable bonds is 8. The number of amides is 1. The number of carbonyl (C=O) groups excluding carboxylic acids is 1. The number of fused-ring (bicyclic) bond motifs is 1. The van der Waals surface area contributed by atoms with Crippen LogP contribution in [-0.2, 0) is 14.8 Å². The van der Waals surface area contributed by atoms with Crippen molar-refractivity contribution in [3.8, 4) is 17.2 Å². The second kappa shape index (κ2) is 10.3. The zero-order valence-corrected chi connectivity index (χ0v) is 19.6. The number of hydrogen-bond acceptors (Lipinski definition) is 6. The lowest BCUT2D eigenvalue weighted by atomic mass is 10.0. The fourth-order valence-corrected chi connectivity index (χ4v) is 4.32. The minimum absolute atomic E-state index is 0.0114. The number of benzene rings is 4. The number of nitrogens with one attached hydrogen (secondary N) is 1. The number of sulfonamides is 1. The third-order valence-electron chi connectivity index (χ3n) is 5.12. The van der Waals surface area contributed by atoms with E-state index in [2.05, 4.69) is 10.5 Å². The molecule has 1 amide bonds. The Hall–Kier alpha value is -4.37. The number of hydrogen-bond donors (Lipinski definition) is 2. The van der Waals surface area contributed by atoms with Crippen molar-refractivity contribution in [3.05, 3.63) is 96.6 Å². The van der Waals surface area contributed by atoms with Gasteiger partial charge in [-0.3, -0.25) is 9.10 Å². The topological polar surface area (TPSA) is 108 Å². The standard InChI is InChI=1S/C26H23N3O5S/c1-35(32,33)29(20-12-14-22(15-13-20)34-21-8-3-2-4-9-21)18-26(31)28-27-17-24-23-10-6-5-7-19(23)11-16-25(24)30/h2-17,30H,18H2,1H3,(H,28,31)/b27-17-. The Balaban J connectivity index is 1.46. The van der Waals surface area contributed by atoms with Gasteiger partial charge in [-0.1, -0.05) is 48.5 Å². The molecule has 0 aliphatic carbocycles. The van der Waals surface area contributed by atoms with Gasteiger partial charge in [-0.15, -0.1) is 0 Å². The number of phenols is 1. The summed E-state index contributed by atoms with van der Waals surface area (Å²) >= 11 is 0. The first-order valence-electron chi connectivity index (χ1n) is 10.6. The lowest BCUT2D eigenvalue weighted by molar-refractivity contribution is -0.119. The summed E-state index contributed by atoms with van der Waals surface area (Å²) in [5.74, 6) is 0.542. The van der Waals surface area contributed by atoms with Crippen LogP contribution in [0.1, 0.15) is 5.56 Å². The predicted molar refractivity (Wildman–Crippen MR) is 136 cm³/mol. The molecule has 4 rings (SSSR count). The smallest absolute Gasteiger partial charge is 0.260 e. The molecule has 0 atom stereocenters. The van der Waals surface area contributed by atoms with Gasteiger partial charge in [0.05, 0.1) is 18.2 Å². The number of ether oxygens (including phenoxy) is 1. The normalized spacial score (nSPS) is 11.5. The molecule has 178 valence electrons. The van der Waals surface area contributed by atoms with E-state index in [4.69, 9.17) is 4.74 Å². The van der Waals surface area contributed by atoms with Crippen molar-refractivity contribution in [2.75, 3.05) is 17.1 Å². The number of para-hydroxylation sites is 1. The number of anilines is 1. The van der Waals surface area contributed by atoms with Crippen LogP contribution in [0.3, 0.4) is 0 Å². The molecule has 0 bridgehead atoms. The van der Waals surface area contributed by atoms with Crippen LogP contribution in [0.2, 0.25) is 0 Å². The number of aromatic hydroxyl groups is 1. The van der Waals surface area contributed by atoms with Crippen LogP contribution in [0.5, 0.6) is 17.2 Å². The highest BCUT2D eigenvalue weighted by atomic mass is 32.2. The molecular formula is C26H23N3O5S. The van der Waals surface area contributed by atoms with Crippen molar-refractivity contribution < 1.29 is 23.1 Å². The Morgan fingerprint density at radius 1 is 0.943 bits per heavy atom. The summed E-state index contributed by atoms with van der Waals surface area (Å²) in [5, 5.41) is 15.8. The van der Waals surface area contributed by atoms with Gasteiger partial charge in [-0.2, -0.15) is 5.10 Å². The summed E-state index contributed by atoms with van der Waals surface area (Å²) in [4.78, 5) is 12.5. The summed E-state index contributed by atoms with van der Waals surface area (Å²) in [7, 11) is -3.76. The fourth-order valence-electron chi connectivity index (χ4n) is 3.46. The first-order valence-corrected chi connectivity index (χ1v) is 12.5. The summed E-state index contributed by atoms with van der Waals surface area (Å²) in [6.07, 6.45) is 2.35. The average molecular weight is 490 g/mol. The maximum absolute atomic E-state index is 12.5. The average Bonchev–Trinajstić information content (AvgIpc) is 2.84. The third-order valence-corrected chi connectivity index (χ3v) is 6.26. The Kier molecular flexibility index (Phi) is 6.98. The zero-order valence-electron chi connectivity index (χ0n) is 18.8. The van der Waals surface area contributed by atoms with Crippen molar-refractivity contribution in [3.63, 3.8) is 0 Å². The van der Waals surface area contributed by atoms with Crippen LogP contribution in [0, 0.1) is 0 Å². The van der Waals surface area contributed by atoms with Crippen LogP contribution < -0.4 is 14.5 Å². The molecule has 0 unspecified atom stereocenters. The highest BCUT2D eigenvalue weighted by molar-refractivity contribution is 7.92. The quantitative estimate of drug-likeness (QED) is 0.284. The number of carbonyl (C=O) groups is 1. The SMILES string of the molecule is CS(=O)(=O)N(CC(=O)N/N=C\c1c(O)ccc2ccccc12)c1ccc(Oc2ccccc2)cc1. The van der Waals surface area contributed by atoms with Crippen LogP contribution in [0.25, 0.3) is 10.8 Å². The minimum atomic E-state index is -3.76. The molecule has 0 aromatic heterocycles. The van der Waals surface area contributed by atoms with Gasteiger partial charge < -0.3 is 9.84 Å².